The molecule has 2 amide bonds. The van der Waals surface area contributed by atoms with Gasteiger partial charge in [-0.15, -0.1) is 0 Å². The first-order chi connectivity index (χ1) is 16.9. The van der Waals surface area contributed by atoms with Crippen molar-refractivity contribution in [3.63, 3.8) is 0 Å². The molecule has 35 heavy (non-hydrogen) atoms. The zero-order valence-corrected chi connectivity index (χ0v) is 19.4. The second-order valence-corrected chi connectivity index (χ2v) is 8.65. The molecule has 0 spiro atoms. The fourth-order valence-corrected chi connectivity index (χ4v) is 4.91. The molecule has 184 valence electrons. The molecule has 4 rings (SSSR count). The molecule has 3 atom stereocenters. The Balaban J connectivity index is 1.43. The third kappa shape index (κ3) is 5.13. The maximum absolute atomic E-state index is 12.8. The summed E-state index contributed by atoms with van der Waals surface area (Å²) in [4.78, 5) is 49.3. The van der Waals surface area contributed by atoms with Crippen LogP contribution in [0.2, 0.25) is 0 Å². The molecule has 0 aromatic heterocycles. The number of alkyl carbamates (subject to hydrolysis) is 1. The van der Waals surface area contributed by atoms with Gasteiger partial charge in [-0.05, 0) is 42.0 Å². The summed E-state index contributed by atoms with van der Waals surface area (Å²) in [5.41, 5.74) is 4.21. The second kappa shape index (κ2) is 10.6. The number of carboxylic acid groups (broad SMARTS) is 1. The number of benzene rings is 2. The van der Waals surface area contributed by atoms with Gasteiger partial charge in [-0.25, -0.2) is 9.59 Å². The van der Waals surface area contributed by atoms with Gasteiger partial charge in [0.25, 0.3) is 5.91 Å². The van der Waals surface area contributed by atoms with E-state index in [9.17, 15) is 24.3 Å². The number of ether oxygens (including phenoxy) is 2. The molecule has 9 nitrogen and oxygen atoms in total. The van der Waals surface area contributed by atoms with E-state index in [1.807, 2.05) is 48.5 Å². The molecule has 1 saturated carbocycles. The van der Waals surface area contributed by atoms with Crippen molar-refractivity contribution in [2.24, 2.45) is 5.92 Å². The van der Waals surface area contributed by atoms with Crippen molar-refractivity contribution in [2.75, 3.05) is 13.2 Å². The van der Waals surface area contributed by atoms with Crippen molar-refractivity contribution in [1.29, 1.82) is 0 Å². The number of carbonyl (C=O) groups is 4. The van der Waals surface area contributed by atoms with Gasteiger partial charge in [0.05, 0.1) is 12.5 Å². The first kappa shape index (κ1) is 24.3. The predicted molar refractivity (Wildman–Crippen MR) is 126 cm³/mol. The summed E-state index contributed by atoms with van der Waals surface area (Å²) in [6.45, 7) is 1.61. The Kier molecular flexibility index (Phi) is 7.33. The van der Waals surface area contributed by atoms with Crippen molar-refractivity contribution in [2.45, 2.75) is 44.2 Å². The molecular weight excluding hydrogens is 452 g/mol. The summed E-state index contributed by atoms with van der Waals surface area (Å²) >= 11 is 0. The maximum atomic E-state index is 12.8. The Morgan fingerprint density at radius 3 is 2.20 bits per heavy atom. The highest BCUT2D eigenvalue weighted by Gasteiger charge is 2.38. The van der Waals surface area contributed by atoms with E-state index in [2.05, 4.69) is 10.6 Å². The lowest BCUT2D eigenvalue weighted by atomic mass is 9.98. The number of fused-ring (bicyclic) bond motifs is 3. The van der Waals surface area contributed by atoms with E-state index in [1.54, 1.807) is 6.92 Å². The minimum absolute atomic E-state index is 0.0101. The molecule has 0 bridgehead atoms. The van der Waals surface area contributed by atoms with Crippen molar-refractivity contribution < 1.29 is 33.8 Å². The molecule has 2 aliphatic carbocycles. The van der Waals surface area contributed by atoms with E-state index in [0.29, 0.717) is 19.3 Å². The number of carboxylic acids is 1. The molecule has 2 aliphatic rings. The molecular formula is C26H28N2O7. The number of carbonyl (C=O) groups excluding carboxylic acids is 3. The van der Waals surface area contributed by atoms with Crippen LogP contribution in [0.25, 0.3) is 11.1 Å². The summed E-state index contributed by atoms with van der Waals surface area (Å²) in [5, 5.41) is 14.2. The minimum atomic E-state index is -1.65. The molecule has 3 N–H and O–H groups in total. The summed E-state index contributed by atoms with van der Waals surface area (Å²) in [6, 6.07) is 13.5. The third-order valence-corrected chi connectivity index (χ3v) is 6.55. The van der Waals surface area contributed by atoms with E-state index in [4.69, 9.17) is 9.47 Å². The second-order valence-electron chi connectivity index (χ2n) is 8.65. The number of amides is 2. The third-order valence-electron chi connectivity index (χ3n) is 6.55. The molecule has 0 heterocycles. The van der Waals surface area contributed by atoms with Crippen molar-refractivity contribution >= 4 is 23.9 Å². The topological polar surface area (TPSA) is 131 Å². The van der Waals surface area contributed by atoms with Crippen molar-refractivity contribution in [1.82, 2.24) is 10.6 Å². The average molecular weight is 481 g/mol. The molecule has 3 unspecified atom stereocenters. The van der Waals surface area contributed by atoms with Gasteiger partial charge in [0.15, 0.2) is 0 Å². The van der Waals surface area contributed by atoms with E-state index < -0.39 is 41.9 Å². The van der Waals surface area contributed by atoms with Gasteiger partial charge in [0, 0.05) is 12.0 Å². The highest BCUT2D eigenvalue weighted by Crippen LogP contribution is 2.44. The normalized spacial score (nSPS) is 19.2. The van der Waals surface area contributed by atoms with Crippen LogP contribution in [0.5, 0.6) is 0 Å². The van der Waals surface area contributed by atoms with Gasteiger partial charge in [-0.1, -0.05) is 55.0 Å². The highest BCUT2D eigenvalue weighted by molar-refractivity contribution is 6.04. The summed E-state index contributed by atoms with van der Waals surface area (Å²) < 4.78 is 10.4. The summed E-state index contributed by atoms with van der Waals surface area (Å²) in [5.74, 6) is -3.70. The number of aliphatic carboxylic acids is 1. The van der Waals surface area contributed by atoms with E-state index in [1.165, 1.54) is 0 Å². The lowest BCUT2D eigenvalue weighted by Gasteiger charge is -2.22. The molecule has 0 saturated heterocycles. The van der Waals surface area contributed by atoms with Gasteiger partial charge in [-0.2, -0.15) is 0 Å². The number of rotatable bonds is 8. The zero-order valence-electron chi connectivity index (χ0n) is 19.4. The predicted octanol–water partition coefficient (Wildman–Crippen LogP) is 2.83. The Bertz CT molecular complexity index is 1090. The zero-order chi connectivity index (χ0) is 24.9. The molecule has 0 radical (unpaired) electrons. The number of esters is 1. The van der Waals surface area contributed by atoms with Crippen molar-refractivity contribution in [3.8, 4) is 11.1 Å². The van der Waals surface area contributed by atoms with E-state index in [0.717, 1.165) is 22.3 Å². The molecule has 1 fully saturated rings. The monoisotopic (exact) mass is 480 g/mol. The Labute approximate surface area is 202 Å². The Morgan fingerprint density at radius 2 is 1.60 bits per heavy atom. The molecule has 2 aromatic carbocycles. The van der Waals surface area contributed by atoms with Crippen LogP contribution in [0.15, 0.2) is 48.5 Å². The lowest BCUT2D eigenvalue weighted by Crippen LogP contribution is -2.55. The van der Waals surface area contributed by atoms with E-state index >= 15 is 0 Å². The van der Waals surface area contributed by atoms with Gasteiger partial charge < -0.3 is 19.9 Å². The SMILES string of the molecule is CCOC(=O)C(NC(=O)OCC1c2ccccc2-c2ccccc21)C(=O)NC1CCCC1C(=O)O. The van der Waals surface area contributed by atoms with Crippen LogP contribution in [0.3, 0.4) is 0 Å². The van der Waals surface area contributed by atoms with Crippen LogP contribution in [0.1, 0.15) is 43.2 Å². The summed E-state index contributed by atoms with van der Waals surface area (Å²) in [6.07, 6.45) is 0.611. The van der Waals surface area contributed by atoms with Crippen LogP contribution in [0.4, 0.5) is 4.79 Å². The van der Waals surface area contributed by atoms with Crippen LogP contribution in [0, 0.1) is 5.92 Å². The van der Waals surface area contributed by atoms with Crippen LogP contribution in [-0.4, -0.2) is 54.3 Å². The average Bonchev–Trinajstić information content (AvgIpc) is 3.44. The van der Waals surface area contributed by atoms with Gasteiger partial charge in [-0.3, -0.25) is 14.9 Å². The minimum Gasteiger partial charge on any atom is -0.481 e. The first-order valence-electron chi connectivity index (χ1n) is 11.7. The quantitative estimate of drug-likeness (QED) is 0.391. The first-order valence-corrected chi connectivity index (χ1v) is 11.7. The fourth-order valence-electron chi connectivity index (χ4n) is 4.91. The van der Waals surface area contributed by atoms with Gasteiger partial charge in [0.1, 0.15) is 6.61 Å². The molecule has 0 aliphatic heterocycles. The highest BCUT2D eigenvalue weighted by atomic mass is 16.6. The number of nitrogens with one attached hydrogen (secondary N) is 2. The van der Waals surface area contributed by atoms with Crippen LogP contribution >= 0.6 is 0 Å². The fraction of sp³-hybridized carbons (Fsp3) is 0.385. The Hall–Kier alpha value is -3.88. The van der Waals surface area contributed by atoms with Gasteiger partial charge in [0.2, 0.25) is 6.04 Å². The van der Waals surface area contributed by atoms with Gasteiger partial charge >= 0.3 is 18.0 Å². The largest absolute Gasteiger partial charge is 0.481 e. The van der Waals surface area contributed by atoms with Crippen LogP contribution < -0.4 is 10.6 Å². The molecule has 2 aromatic rings. The maximum Gasteiger partial charge on any atom is 0.408 e. The van der Waals surface area contributed by atoms with Crippen LogP contribution in [-0.2, 0) is 23.9 Å². The molecule has 9 heteroatoms. The number of hydrogen-bond acceptors (Lipinski definition) is 6. The van der Waals surface area contributed by atoms with Crippen molar-refractivity contribution in [3.05, 3.63) is 59.7 Å². The number of hydrogen-bond donors (Lipinski definition) is 3. The Morgan fingerprint density at radius 1 is 0.971 bits per heavy atom. The smallest absolute Gasteiger partial charge is 0.408 e. The summed E-state index contributed by atoms with van der Waals surface area (Å²) in [7, 11) is 0. The van der Waals surface area contributed by atoms with E-state index in [-0.39, 0.29) is 19.1 Å². The standard InChI is InChI=1S/C26H28N2O7/c1-2-34-25(32)22(23(29)27-21-13-7-12-19(21)24(30)31)28-26(33)35-14-20-17-10-5-3-8-15(17)16-9-4-6-11-18(16)20/h3-6,8-11,19-22H,2,7,12-14H2,1H3,(H,27,29)(H,28,33)(H,30,31). The lowest BCUT2D eigenvalue weighted by molar-refractivity contribution is -0.149.